The zero-order valence-corrected chi connectivity index (χ0v) is 10.5. The van der Waals surface area contributed by atoms with E-state index in [9.17, 15) is 14.4 Å². The second-order valence-electron chi connectivity index (χ2n) is 3.74. The van der Waals surface area contributed by atoms with Crippen LogP contribution in [0.1, 0.15) is 15.9 Å². The number of amides is 3. The lowest BCUT2D eigenvalue weighted by atomic mass is 10.1. The van der Waals surface area contributed by atoms with Crippen molar-refractivity contribution in [3.05, 3.63) is 35.4 Å². The summed E-state index contributed by atoms with van der Waals surface area (Å²) in [6.45, 7) is 0. The number of carbonyl (C=O) groups is 3. The van der Waals surface area contributed by atoms with E-state index >= 15 is 0 Å². The summed E-state index contributed by atoms with van der Waals surface area (Å²) >= 11 is 1.19. The highest BCUT2D eigenvalue weighted by Gasteiger charge is 2.26. The van der Waals surface area contributed by atoms with Crippen molar-refractivity contribution in [1.29, 1.82) is 0 Å². The Morgan fingerprint density at radius 2 is 2.05 bits per heavy atom. The van der Waals surface area contributed by atoms with E-state index < -0.39 is 23.3 Å². The van der Waals surface area contributed by atoms with Gasteiger partial charge in [-0.05, 0) is 11.6 Å². The summed E-state index contributed by atoms with van der Waals surface area (Å²) < 4.78 is 0. The zero-order valence-electron chi connectivity index (χ0n) is 9.67. The molecular weight excluding hydrogens is 270 g/mol. The number of benzene rings is 1. The van der Waals surface area contributed by atoms with Gasteiger partial charge >= 0.3 is 12.0 Å². The van der Waals surface area contributed by atoms with Gasteiger partial charge in [0.15, 0.2) is 5.37 Å². The minimum Gasteiger partial charge on any atom is -0.478 e. The molecule has 1 heterocycles. The summed E-state index contributed by atoms with van der Waals surface area (Å²) in [7, 11) is 0. The molecule has 1 aliphatic heterocycles. The van der Waals surface area contributed by atoms with E-state index in [4.69, 9.17) is 5.11 Å². The molecule has 1 saturated heterocycles. The number of imide groups is 1. The number of carbonyl (C=O) groups excluding carboxylic acids is 2. The maximum absolute atomic E-state index is 11.5. The molecule has 2 rings (SSSR count). The highest BCUT2D eigenvalue weighted by atomic mass is 32.2. The number of hydrogen-bond acceptors (Lipinski definition) is 5. The van der Waals surface area contributed by atoms with E-state index in [0.29, 0.717) is 11.3 Å². The molecule has 1 atom stereocenters. The average Bonchev–Trinajstić information content (AvgIpc) is 2.38. The molecule has 1 aromatic rings. The van der Waals surface area contributed by atoms with Crippen LogP contribution < -0.4 is 16.2 Å². The Kier molecular flexibility index (Phi) is 4.03. The third-order valence-electron chi connectivity index (χ3n) is 2.44. The second kappa shape index (κ2) is 5.72. The molecule has 0 bridgehead atoms. The first kappa shape index (κ1) is 13.4. The highest BCUT2D eigenvalue weighted by molar-refractivity contribution is 7.99. The molecular formula is C11H11N3O4S. The lowest BCUT2D eigenvalue weighted by molar-refractivity contribution is -0.121. The highest BCUT2D eigenvalue weighted by Crippen LogP contribution is 2.20. The molecule has 0 aromatic heterocycles. The maximum Gasteiger partial charge on any atom is 0.335 e. The van der Waals surface area contributed by atoms with Gasteiger partial charge < -0.3 is 5.11 Å². The number of carboxylic acid groups (broad SMARTS) is 1. The zero-order chi connectivity index (χ0) is 13.8. The second-order valence-corrected chi connectivity index (χ2v) is 4.83. The Balaban J connectivity index is 2.01. The van der Waals surface area contributed by atoms with Crippen LogP contribution >= 0.6 is 11.8 Å². The lowest BCUT2D eigenvalue weighted by Gasteiger charge is -2.22. The van der Waals surface area contributed by atoms with Gasteiger partial charge in [-0.3, -0.25) is 15.5 Å². The van der Waals surface area contributed by atoms with Crippen molar-refractivity contribution in [2.45, 2.75) is 11.1 Å². The fourth-order valence-corrected chi connectivity index (χ4v) is 2.50. The molecule has 19 heavy (non-hydrogen) atoms. The van der Waals surface area contributed by atoms with Gasteiger partial charge in [0.1, 0.15) is 0 Å². The summed E-state index contributed by atoms with van der Waals surface area (Å²) in [4.78, 5) is 33.3. The van der Waals surface area contributed by atoms with Crippen molar-refractivity contribution >= 4 is 29.7 Å². The van der Waals surface area contributed by atoms with Crippen LogP contribution in [0.2, 0.25) is 0 Å². The van der Waals surface area contributed by atoms with E-state index in [-0.39, 0.29) is 5.56 Å². The predicted molar refractivity (Wildman–Crippen MR) is 68.3 cm³/mol. The minimum absolute atomic E-state index is 0.204. The van der Waals surface area contributed by atoms with Gasteiger partial charge in [-0.25, -0.2) is 15.0 Å². The molecule has 3 amide bonds. The topological polar surface area (TPSA) is 108 Å². The van der Waals surface area contributed by atoms with E-state index in [0.717, 1.165) is 0 Å². The molecule has 0 radical (unpaired) electrons. The molecule has 0 saturated carbocycles. The Hall–Kier alpha value is -2.06. The van der Waals surface area contributed by atoms with Crippen LogP contribution in [0.5, 0.6) is 0 Å². The number of nitrogens with one attached hydrogen (secondary N) is 3. The standard InChI is InChI=1S/C11H11N3O4S/c15-8-9(13-14-11(18)12-8)19-5-6-3-1-2-4-7(6)10(16)17/h1-4,9,13H,5H2,(H,16,17)(H2,12,14,15,18). The molecule has 8 heteroatoms. The molecule has 7 nitrogen and oxygen atoms in total. The van der Waals surface area contributed by atoms with E-state index in [1.165, 1.54) is 17.8 Å². The number of aromatic carboxylic acids is 1. The Morgan fingerprint density at radius 1 is 1.32 bits per heavy atom. The average molecular weight is 281 g/mol. The number of hydrogen-bond donors (Lipinski definition) is 4. The van der Waals surface area contributed by atoms with Crippen LogP contribution in [0.15, 0.2) is 24.3 Å². The van der Waals surface area contributed by atoms with Gasteiger partial charge in [0.05, 0.1) is 5.56 Å². The molecule has 100 valence electrons. The fourth-order valence-electron chi connectivity index (χ4n) is 1.55. The van der Waals surface area contributed by atoms with E-state index in [1.54, 1.807) is 18.2 Å². The molecule has 4 N–H and O–H groups in total. The van der Waals surface area contributed by atoms with Gasteiger partial charge in [0.2, 0.25) is 0 Å². The van der Waals surface area contributed by atoms with Crippen LogP contribution in [0.4, 0.5) is 4.79 Å². The quantitative estimate of drug-likeness (QED) is 0.632. The Labute approximate surface area is 112 Å². The fraction of sp³-hybridized carbons (Fsp3) is 0.182. The predicted octanol–water partition coefficient (Wildman–Crippen LogP) is 0.288. The van der Waals surface area contributed by atoms with Crippen molar-refractivity contribution in [1.82, 2.24) is 16.2 Å². The lowest BCUT2D eigenvalue weighted by Crippen LogP contribution is -2.61. The summed E-state index contributed by atoms with van der Waals surface area (Å²) in [6.07, 6.45) is 0. The first-order valence-electron chi connectivity index (χ1n) is 5.37. The number of hydrazine groups is 1. The normalized spacial score (nSPS) is 18.6. The Bertz CT molecular complexity index is 534. The number of thioether (sulfide) groups is 1. The SMILES string of the molecule is O=C1NNC(SCc2ccccc2C(=O)O)C(=O)N1. The largest absolute Gasteiger partial charge is 0.478 e. The summed E-state index contributed by atoms with van der Waals surface area (Å²) in [6, 6.07) is 5.97. The van der Waals surface area contributed by atoms with Crippen LogP contribution in [0.25, 0.3) is 0 Å². The summed E-state index contributed by atoms with van der Waals surface area (Å²) in [5.74, 6) is -1.13. The summed E-state index contributed by atoms with van der Waals surface area (Å²) in [5, 5.41) is 10.5. The number of urea groups is 1. The van der Waals surface area contributed by atoms with Crippen molar-refractivity contribution in [2.24, 2.45) is 0 Å². The van der Waals surface area contributed by atoms with Crippen LogP contribution in [-0.2, 0) is 10.5 Å². The maximum atomic E-state index is 11.5. The third kappa shape index (κ3) is 3.24. The number of carboxylic acids is 1. The van der Waals surface area contributed by atoms with Crippen molar-refractivity contribution in [2.75, 3.05) is 0 Å². The molecule has 1 unspecified atom stereocenters. The van der Waals surface area contributed by atoms with Crippen LogP contribution in [0, 0.1) is 0 Å². The number of rotatable bonds is 4. The van der Waals surface area contributed by atoms with Gasteiger partial charge in [0, 0.05) is 5.75 Å². The summed E-state index contributed by atoms with van der Waals surface area (Å²) in [5.41, 5.74) is 5.64. The smallest absolute Gasteiger partial charge is 0.335 e. The molecule has 1 fully saturated rings. The van der Waals surface area contributed by atoms with Gasteiger partial charge in [-0.15, -0.1) is 11.8 Å². The first-order valence-corrected chi connectivity index (χ1v) is 6.42. The van der Waals surface area contributed by atoms with Crippen LogP contribution in [-0.4, -0.2) is 28.4 Å². The monoisotopic (exact) mass is 281 g/mol. The van der Waals surface area contributed by atoms with E-state index in [2.05, 4.69) is 16.2 Å². The molecule has 0 aliphatic carbocycles. The van der Waals surface area contributed by atoms with Crippen molar-refractivity contribution in [3.8, 4) is 0 Å². The first-order chi connectivity index (χ1) is 9.08. The van der Waals surface area contributed by atoms with Gasteiger partial charge in [-0.1, -0.05) is 18.2 Å². The van der Waals surface area contributed by atoms with Crippen molar-refractivity contribution < 1.29 is 19.5 Å². The molecule has 1 aromatic carbocycles. The van der Waals surface area contributed by atoms with E-state index in [1.807, 2.05) is 0 Å². The van der Waals surface area contributed by atoms with Crippen LogP contribution in [0.3, 0.4) is 0 Å². The Morgan fingerprint density at radius 3 is 2.74 bits per heavy atom. The third-order valence-corrected chi connectivity index (χ3v) is 3.59. The molecule has 0 spiro atoms. The minimum atomic E-state index is -1.01. The van der Waals surface area contributed by atoms with Gasteiger partial charge in [-0.2, -0.15) is 0 Å². The van der Waals surface area contributed by atoms with Gasteiger partial charge in [0.25, 0.3) is 5.91 Å². The van der Waals surface area contributed by atoms with Crippen molar-refractivity contribution in [3.63, 3.8) is 0 Å². The molecule has 1 aliphatic rings.